The monoisotopic (exact) mass is 542 g/mol. The van der Waals surface area contributed by atoms with Crippen LogP contribution in [0.25, 0.3) is 12.2 Å². The fourth-order valence-electron chi connectivity index (χ4n) is 4.92. The van der Waals surface area contributed by atoms with Crippen LogP contribution in [-0.4, -0.2) is 29.6 Å². The smallest absolute Gasteiger partial charge is 0.320 e. The lowest BCUT2D eigenvalue weighted by Gasteiger charge is -2.43. The van der Waals surface area contributed by atoms with E-state index in [1.807, 2.05) is 42.5 Å². The molecule has 0 atom stereocenters. The summed E-state index contributed by atoms with van der Waals surface area (Å²) in [5, 5.41) is 2.14. The van der Waals surface area contributed by atoms with Crippen LogP contribution in [0.3, 0.4) is 0 Å². The quantitative estimate of drug-likeness (QED) is 0.169. The third-order valence-electron chi connectivity index (χ3n) is 6.79. The Morgan fingerprint density at radius 3 is 1.67 bits per heavy atom. The summed E-state index contributed by atoms with van der Waals surface area (Å²) in [5.41, 5.74) is 1.54. The van der Waals surface area contributed by atoms with Gasteiger partial charge in [-0.05, 0) is 50.8 Å². The summed E-state index contributed by atoms with van der Waals surface area (Å²) in [6.45, 7) is 6.71. The third-order valence-corrected chi connectivity index (χ3v) is 11.7. The van der Waals surface area contributed by atoms with Crippen molar-refractivity contribution in [3.63, 3.8) is 0 Å². The second kappa shape index (κ2) is 11.8. The zero-order valence-corrected chi connectivity index (χ0v) is 24.3. The Morgan fingerprint density at radius 1 is 0.615 bits per heavy atom. The normalized spacial score (nSPS) is 11.9. The molecule has 4 rings (SSSR count). The van der Waals surface area contributed by atoms with Crippen molar-refractivity contribution in [1.29, 1.82) is 0 Å². The topological polar surface area (TPSA) is 36.9 Å². The Bertz CT molecular complexity index is 1390. The predicted molar refractivity (Wildman–Crippen MR) is 160 cm³/mol. The summed E-state index contributed by atoms with van der Waals surface area (Å²) in [5.74, 6) is 1.24. The van der Waals surface area contributed by atoms with E-state index in [1.165, 1.54) is 30.7 Å². The van der Waals surface area contributed by atoms with Crippen molar-refractivity contribution in [2.75, 3.05) is 21.3 Å². The molecule has 0 saturated carbocycles. The van der Waals surface area contributed by atoms with Crippen molar-refractivity contribution in [3.8, 4) is 23.0 Å². The summed E-state index contributed by atoms with van der Waals surface area (Å²) in [4.78, 5) is 0. The van der Waals surface area contributed by atoms with Gasteiger partial charge in [-0.1, -0.05) is 99.7 Å². The summed E-state index contributed by atoms with van der Waals surface area (Å²) < 4.78 is 37.9. The Kier molecular flexibility index (Phi) is 8.46. The number of rotatable bonds is 9. The van der Waals surface area contributed by atoms with E-state index >= 15 is 0 Å². The molecule has 4 aromatic rings. The van der Waals surface area contributed by atoms with Crippen LogP contribution >= 0.6 is 0 Å². The molecule has 0 N–H and O–H groups in total. The standard InChI is InChI=1S/C33H35FO4Si/c1-33(2,3)39(26-13-9-7-10-14-26,27-15-11-8-12-16-27)38-30-22-24(19-20-29(30)35-4)17-18-25-21-28(34)32(37-6)31(23-25)36-5/h7-23H,1-6H3/b18-17+. The maximum absolute atomic E-state index is 14.5. The van der Waals surface area contributed by atoms with Gasteiger partial charge >= 0.3 is 8.32 Å². The average molecular weight is 543 g/mol. The van der Waals surface area contributed by atoms with Gasteiger partial charge in [-0.15, -0.1) is 0 Å². The summed E-state index contributed by atoms with van der Waals surface area (Å²) in [7, 11) is 1.69. The molecule has 0 aliphatic rings. The third kappa shape index (κ3) is 5.71. The summed E-state index contributed by atoms with van der Waals surface area (Å²) in [6, 6.07) is 29.9. The van der Waals surface area contributed by atoms with Crippen LogP contribution in [0.5, 0.6) is 23.0 Å². The van der Waals surface area contributed by atoms with Crippen molar-refractivity contribution in [2.24, 2.45) is 0 Å². The average Bonchev–Trinajstić information content (AvgIpc) is 2.94. The van der Waals surface area contributed by atoms with E-state index in [9.17, 15) is 4.39 Å². The van der Waals surface area contributed by atoms with E-state index in [1.54, 1.807) is 13.2 Å². The number of hydrogen-bond donors (Lipinski definition) is 0. The number of ether oxygens (including phenoxy) is 3. The van der Waals surface area contributed by atoms with E-state index in [0.717, 1.165) is 5.56 Å². The first-order chi connectivity index (χ1) is 18.7. The highest BCUT2D eigenvalue weighted by molar-refractivity contribution is 7.00. The molecule has 0 aliphatic heterocycles. The summed E-state index contributed by atoms with van der Waals surface area (Å²) in [6.07, 6.45) is 3.75. The molecule has 0 amide bonds. The zero-order chi connectivity index (χ0) is 28.0. The maximum Gasteiger partial charge on any atom is 0.320 e. The van der Waals surface area contributed by atoms with Gasteiger partial charge in [0.25, 0.3) is 0 Å². The zero-order valence-electron chi connectivity index (χ0n) is 23.3. The van der Waals surface area contributed by atoms with Gasteiger partial charge in [0.05, 0.1) is 21.3 Å². The first kappa shape index (κ1) is 28.0. The second-order valence-corrected chi connectivity index (χ2v) is 14.5. The number of methoxy groups -OCH3 is 3. The van der Waals surface area contributed by atoms with Crippen molar-refractivity contribution >= 4 is 30.8 Å². The lowest BCUT2D eigenvalue weighted by molar-refractivity contribution is 0.337. The Labute approximate surface area is 231 Å². The number of benzene rings is 4. The minimum Gasteiger partial charge on any atom is -0.531 e. The van der Waals surface area contributed by atoms with Crippen LogP contribution in [-0.2, 0) is 0 Å². The lowest BCUT2D eigenvalue weighted by Crippen LogP contribution is -2.68. The highest BCUT2D eigenvalue weighted by atomic mass is 28.4. The molecule has 0 radical (unpaired) electrons. The first-order valence-electron chi connectivity index (χ1n) is 12.8. The van der Waals surface area contributed by atoms with Crippen molar-refractivity contribution in [2.45, 2.75) is 25.8 Å². The molecule has 0 spiro atoms. The van der Waals surface area contributed by atoms with Gasteiger partial charge in [-0.3, -0.25) is 0 Å². The molecule has 0 aromatic heterocycles. The largest absolute Gasteiger partial charge is 0.531 e. The Morgan fingerprint density at radius 2 is 1.15 bits per heavy atom. The Hall–Kier alpha value is -4.03. The minimum atomic E-state index is -2.86. The molecule has 202 valence electrons. The highest BCUT2D eigenvalue weighted by Crippen LogP contribution is 2.40. The molecule has 4 nitrogen and oxygen atoms in total. The minimum absolute atomic E-state index is 0.0834. The molecule has 0 saturated heterocycles. The molecular formula is C33H35FO4Si. The molecular weight excluding hydrogens is 507 g/mol. The van der Waals surface area contributed by atoms with E-state index in [4.69, 9.17) is 18.6 Å². The highest BCUT2D eigenvalue weighted by Gasteiger charge is 2.52. The van der Waals surface area contributed by atoms with E-state index in [2.05, 4.69) is 69.3 Å². The van der Waals surface area contributed by atoms with Gasteiger partial charge in [-0.2, -0.15) is 0 Å². The molecule has 6 heteroatoms. The Balaban J connectivity index is 1.81. The molecule has 39 heavy (non-hydrogen) atoms. The molecule has 0 bridgehead atoms. The van der Waals surface area contributed by atoms with Crippen LogP contribution in [0.2, 0.25) is 5.04 Å². The van der Waals surface area contributed by atoms with Gasteiger partial charge in [0.2, 0.25) is 0 Å². The predicted octanol–water partition coefficient (Wildman–Crippen LogP) is 6.96. The van der Waals surface area contributed by atoms with Crippen molar-refractivity contribution < 1.29 is 23.0 Å². The van der Waals surface area contributed by atoms with Gasteiger partial charge in [0.15, 0.2) is 23.1 Å². The summed E-state index contributed by atoms with van der Waals surface area (Å²) >= 11 is 0. The van der Waals surface area contributed by atoms with Crippen LogP contribution in [0.4, 0.5) is 4.39 Å². The van der Waals surface area contributed by atoms with Crippen LogP contribution in [0.15, 0.2) is 91.0 Å². The van der Waals surface area contributed by atoms with Gasteiger partial charge in [-0.25, -0.2) is 4.39 Å². The SMILES string of the molecule is COc1ccc(/C=C/c2cc(F)c(OC)c(OC)c2)cc1O[Si](c1ccccc1)(c1ccccc1)C(C)(C)C. The first-order valence-corrected chi connectivity index (χ1v) is 14.7. The fraction of sp³-hybridized carbons (Fsp3) is 0.212. The molecule has 0 unspecified atom stereocenters. The molecule has 0 heterocycles. The number of hydrogen-bond acceptors (Lipinski definition) is 4. The number of halogens is 1. The van der Waals surface area contributed by atoms with Crippen molar-refractivity contribution in [1.82, 2.24) is 0 Å². The molecule has 4 aromatic carbocycles. The molecule has 0 fully saturated rings. The van der Waals surface area contributed by atoms with Crippen LogP contribution < -0.4 is 29.0 Å². The van der Waals surface area contributed by atoms with Gasteiger partial charge < -0.3 is 18.6 Å². The fourth-order valence-corrected chi connectivity index (χ4v) is 9.34. The lowest BCUT2D eigenvalue weighted by atomic mass is 10.1. The van der Waals surface area contributed by atoms with Crippen molar-refractivity contribution in [3.05, 3.63) is 108 Å². The van der Waals surface area contributed by atoms with E-state index in [0.29, 0.717) is 22.8 Å². The van der Waals surface area contributed by atoms with Crippen LogP contribution in [0.1, 0.15) is 31.9 Å². The van der Waals surface area contributed by atoms with Crippen LogP contribution in [0, 0.1) is 5.82 Å². The second-order valence-electron chi connectivity index (χ2n) is 10.2. The molecule has 0 aliphatic carbocycles. The van der Waals surface area contributed by atoms with E-state index in [-0.39, 0.29) is 10.8 Å². The van der Waals surface area contributed by atoms with E-state index < -0.39 is 14.1 Å². The van der Waals surface area contributed by atoms with Gasteiger partial charge in [0, 0.05) is 0 Å². The maximum atomic E-state index is 14.5. The van der Waals surface area contributed by atoms with Gasteiger partial charge in [0.1, 0.15) is 5.75 Å².